The zero-order valence-corrected chi connectivity index (χ0v) is 19.4. The van der Waals surface area contributed by atoms with Gasteiger partial charge in [0.1, 0.15) is 11.7 Å². The first kappa shape index (κ1) is 22.4. The van der Waals surface area contributed by atoms with Crippen LogP contribution in [0.1, 0.15) is 40.3 Å². The Labute approximate surface area is 195 Å². The molecule has 1 fully saturated rings. The van der Waals surface area contributed by atoms with E-state index in [1.54, 1.807) is 23.6 Å². The summed E-state index contributed by atoms with van der Waals surface area (Å²) in [6.07, 6.45) is 1.74. The highest BCUT2D eigenvalue weighted by molar-refractivity contribution is 7.09. The number of rotatable bonds is 6. The van der Waals surface area contributed by atoms with Crippen molar-refractivity contribution in [3.05, 3.63) is 74.6 Å². The average Bonchev–Trinajstić information content (AvgIpc) is 3.36. The number of nitrogens with zero attached hydrogens (tertiary/aromatic N) is 1. The van der Waals surface area contributed by atoms with Gasteiger partial charge in [0.2, 0.25) is 5.91 Å². The molecule has 4 rings (SSSR count). The number of aromatic nitrogens is 1. The summed E-state index contributed by atoms with van der Waals surface area (Å²) >= 11 is 7.50. The second-order valence-electron chi connectivity index (χ2n) is 8.15. The van der Waals surface area contributed by atoms with Crippen LogP contribution in [0.15, 0.2) is 48.0 Å². The summed E-state index contributed by atoms with van der Waals surface area (Å²) in [7, 11) is 0. The van der Waals surface area contributed by atoms with Gasteiger partial charge in [-0.2, -0.15) is 0 Å². The van der Waals surface area contributed by atoms with E-state index >= 15 is 0 Å². The summed E-state index contributed by atoms with van der Waals surface area (Å²) in [5.74, 6) is -1.87. The number of benzene rings is 1. The van der Waals surface area contributed by atoms with Crippen LogP contribution in [0.2, 0.25) is 5.02 Å². The van der Waals surface area contributed by atoms with Crippen molar-refractivity contribution in [2.75, 3.05) is 0 Å². The van der Waals surface area contributed by atoms with Gasteiger partial charge in [-0.05, 0) is 66.2 Å². The molecule has 2 heterocycles. The van der Waals surface area contributed by atoms with Gasteiger partial charge in [0, 0.05) is 35.4 Å². The third kappa shape index (κ3) is 4.66. The molecule has 1 amide bonds. The van der Waals surface area contributed by atoms with Crippen molar-refractivity contribution in [2.45, 2.75) is 39.2 Å². The first-order valence-electron chi connectivity index (χ1n) is 10.4. The van der Waals surface area contributed by atoms with Crippen molar-refractivity contribution >= 4 is 40.4 Å². The number of amides is 1. The quantitative estimate of drug-likeness (QED) is 0.517. The number of nitrogens with one attached hydrogen (secondary N) is 1. The molecule has 0 radical (unpaired) electrons. The minimum Gasteiger partial charge on any atom is -0.351 e. The average molecular weight is 467 g/mol. The first-order chi connectivity index (χ1) is 15.3. The molecule has 0 bridgehead atoms. The van der Waals surface area contributed by atoms with E-state index in [4.69, 9.17) is 11.6 Å². The Morgan fingerprint density at radius 3 is 2.56 bits per heavy atom. The number of ketones is 2. The van der Waals surface area contributed by atoms with E-state index in [-0.39, 0.29) is 30.3 Å². The summed E-state index contributed by atoms with van der Waals surface area (Å²) in [6.45, 7) is 4.25. The highest BCUT2D eigenvalue weighted by Crippen LogP contribution is 2.38. The fourth-order valence-electron chi connectivity index (χ4n) is 4.35. The topological polar surface area (TPSA) is 76.1 Å². The highest BCUT2D eigenvalue weighted by Gasteiger charge is 2.43. The van der Waals surface area contributed by atoms with E-state index in [0.29, 0.717) is 11.6 Å². The Balaban J connectivity index is 1.50. The molecule has 1 aromatic carbocycles. The fraction of sp³-hybridized carbons (Fsp3) is 0.280. The van der Waals surface area contributed by atoms with Crippen LogP contribution in [-0.4, -0.2) is 22.5 Å². The lowest BCUT2D eigenvalue weighted by Gasteiger charge is -2.17. The number of hydrogen-bond acceptors (Lipinski definition) is 5. The van der Waals surface area contributed by atoms with Gasteiger partial charge in [0.25, 0.3) is 0 Å². The van der Waals surface area contributed by atoms with Gasteiger partial charge in [0.15, 0.2) is 5.78 Å². The maximum Gasteiger partial charge on any atom is 0.221 e. The molecule has 164 valence electrons. The van der Waals surface area contributed by atoms with Crippen molar-refractivity contribution in [1.29, 1.82) is 0 Å². The summed E-state index contributed by atoms with van der Waals surface area (Å²) in [4.78, 5) is 43.8. The van der Waals surface area contributed by atoms with Crippen LogP contribution in [0.25, 0.3) is 11.3 Å². The van der Waals surface area contributed by atoms with Crippen LogP contribution in [0, 0.1) is 19.8 Å². The van der Waals surface area contributed by atoms with Crippen LogP contribution < -0.4 is 5.32 Å². The van der Waals surface area contributed by atoms with Crippen molar-refractivity contribution < 1.29 is 14.4 Å². The largest absolute Gasteiger partial charge is 0.351 e. The Bertz CT molecular complexity index is 1150. The molecule has 3 aromatic rings. The van der Waals surface area contributed by atoms with Gasteiger partial charge in [-0.1, -0.05) is 17.7 Å². The van der Waals surface area contributed by atoms with Crippen LogP contribution in [0.5, 0.6) is 0 Å². The standard InChI is InChI=1S/C25H23ClN2O3S/c1-14-8-16(20-6-5-18(26)12-27-20)9-15(2)23(14)24-21(29)10-17(25(24)31)11-22(30)28-13-19-4-3-7-32-19/h3-9,12,17,24H,10-11,13H2,1-2H3,(H,28,30). The Kier molecular flexibility index (Phi) is 6.53. The molecule has 7 heteroatoms. The molecule has 2 atom stereocenters. The molecular weight excluding hydrogens is 444 g/mol. The SMILES string of the molecule is Cc1cc(-c2ccc(Cl)cn2)cc(C)c1C1C(=O)CC(CC(=O)NCc2cccs2)C1=O. The fourth-order valence-corrected chi connectivity index (χ4v) is 5.11. The van der Waals surface area contributed by atoms with E-state index in [0.717, 1.165) is 32.8 Å². The highest BCUT2D eigenvalue weighted by atomic mass is 35.5. The van der Waals surface area contributed by atoms with Gasteiger partial charge in [-0.3, -0.25) is 19.4 Å². The second kappa shape index (κ2) is 9.35. The van der Waals surface area contributed by atoms with Gasteiger partial charge in [-0.15, -0.1) is 11.3 Å². The Morgan fingerprint density at radius 1 is 1.19 bits per heavy atom. The van der Waals surface area contributed by atoms with Gasteiger partial charge in [0.05, 0.1) is 17.3 Å². The van der Waals surface area contributed by atoms with Crippen molar-refractivity contribution in [3.63, 3.8) is 0 Å². The predicted octanol–water partition coefficient (Wildman–Crippen LogP) is 5.03. The molecule has 2 aromatic heterocycles. The van der Waals surface area contributed by atoms with Gasteiger partial charge in [-0.25, -0.2) is 0 Å². The number of carbonyl (C=O) groups excluding carboxylic acids is 3. The van der Waals surface area contributed by atoms with Gasteiger partial charge >= 0.3 is 0 Å². The minimum absolute atomic E-state index is 0.0390. The lowest BCUT2D eigenvalue weighted by atomic mass is 9.85. The molecule has 1 aliphatic carbocycles. The molecule has 1 N–H and O–H groups in total. The molecule has 1 saturated carbocycles. The third-order valence-corrected chi connectivity index (χ3v) is 6.93. The molecule has 0 saturated heterocycles. The summed E-state index contributed by atoms with van der Waals surface area (Å²) in [6, 6.07) is 11.4. The van der Waals surface area contributed by atoms with E-state index < -0.39 is 11.8 Å². The number of aryl methyl sites for hydroxylation is 2. The van der Waals surface area contributed by atoms with Crippen LogP contribution in [0.3, 0.4) is 0 Å². The molecule has 0 spiro atoms. The van der Waals surface area contributed by atoms with Crippen molar-refractivity contribution in [1.82, 2.24) is 10.3 Å². The van der Waals surface area contributed by atoms with Crippen molar-refractivity contribution in [3.8, 4) is 11.3 Å². The third-order valence-electron chi connectivity index (χ3n) is 5.83. The zero-order valence-electron chi connectivity index (χ0n) is 17.9. The molecule has 2 unspecified atom stereocenters. The number of thiophene rings is 1. The predicted molar refractivity (Wildman–Crippen MR) is 126 cm³/mol. The number of halogens is 1. The van der Waals surface area contributed by atoms with Crippen molar-refractivity contribution in [2.24, 2.45) is 5.92 Å². The maximum atomic E-state index is 13.2. The normalized spacial score (nSPS) is 18.2. The maximum absolute atomic E-state index is 13.2. The molecule has 5 nitrogen and oxygen atoms in total. The van der Waals surface area contributed by atoms with E-state index in [1.807, 2.05) is 49.6 Å². The number of Topliss-reactive ketones (excluding diaryl/α,β-unsaturated/α-hetero) is 2. The van der Waals surface area contributed by atoms with E-state index in [9.17, 15) is 14.4 Å². The molecule has 1 aliphatic rings. The van der Waals surface area contributed by atoms with E-state index in [1.165, 1.54) is 0 Å². The van der Waals surface area contributed by atoms with Crippen LogP contribution in [0.4, 0.5) is 0 Å². The second-order valence-corrected chi connectivity index (χ2v) is 9.62. The van der Waals surface area contributed by atoms with E-state index in [2.05, 4.69) is 10.3 Å². The summed E-state index contributed by atoms with van der Waals surface area (Å²) in [5.41, 5.74) is 4.16. The van der Waals surface area contributed by atoms with Gasteiger partial charge < -0.3 is 5.32 Å². The first-order valence-corrected chi connectivity index (χ1v) is 11.7. The smallest absolute Gasteiger partial charge is 0.221 e. The lowest BCUT2D eigenvalue weighted by Crippen LogP contribution is -2.27. The lowest BCUT2D eigenvalue weighted by molar-refractivity contribution is -0.128. The Hall–Kier alpha value is -2.83. The molecule has 32 heavy (non-hydrogen) atoms. The number of pyridine rings is 1. The number of hydrogen-bond donors (Lipinski definition) is 1. The van der Waals surface area contributed by atoms with Crippen LogP contribution in [-0.2, 0) is 20.9 Å². The number of carbonyl (C=O) groups is 3. The Morgan fingerprint density at radius 2 is 1.94 bits per heavy atom. The van der Waals surface area contributed by atoms with Crippen LogP contribution >= 0.6 is 22.9 Å². The molecule has 0 aliphatic heterocycles. The summed E-state index contributed by atoms with van der Waals surface area (Å²) < 4.78 is 0. The molecular formula is C25H23ClN2O3S. The summed E-state index contributed by atoms with van der Waals surface area (Å²) in [5, 5.41) is 5.36. The minimum atomic E-state index is -0.808. The monoisotopic (exact) mass is 466 g/mol. The zero-order chi connectivity index (χ0) is 22.8.